The van der Waals surface area contributed by atoms with E-state index in [1.165, 1.54) is 6.07 Å². The number of hydrogen-bond acceptors (Lipinski definition) is 6. The van der Waals surface area contributed by atoms with Crippen LogP contribution in [-0.4, -0.2) is 45.3 Å². The molecule has 0 spiro atoms. The summed E-state index contributed by atoms with van der Waals surface area (Å²) < 4.78 is 42.5. The van der Waals surface area contributed by atoms with Crippen LogP contribution < -0.4 is 10.6 Å². The Morgan fingerprint density at radius 1 is 1.00 bits per heavy atom. The van der Waals surface area contributed by atoms with Gasteiger partial charge in [0.1, 0.15) is 11.5 Å². The Morgan fingerprint density at radius 3 is 2.47 bits per heavy atom. The number of halogens is 3. The number of pyridine rings is 3. The molecule has 0 amide bonds. The molecule has 1 aliphatic rings. The highest BCUT2D eigenvalue weighted by atomic mass is 19.1. The first-order chi connectivity index (χ1) is 15.3. The largest absolute Gasteiger partial charge is 0.391 e. The van der Waals surface area contributed by atoms with Gasteiger partial charge in [-0.15, -0.1) is 0 Å². The molecule has 4 rings (SSSR count). The summed E-state index contributed by atoms with van der Waals surface area (Å²) in [5, 5.41) is 10.2. The van der Waals surface area contributed by atoms with Gasteiger partial charge in [-0.1, -0.05) is 6.92 Å². The first-order valence-corrected chi connectivity index (χ1v) is 10.4. The molecule has 0 aliphatic carbocycles. The molecule has 3 atom stereocenters. The first-order valence-electron chi connectivity index (χ1n) is 10.4. The highest BCUT2D eigenvalue weighted by Gasteiger charge is 2.31. The molecule has 6 nitrogen and oxygen atoms in total. The molecule has 9 heteroatoms. The van der Waals surface area contributed by atoms with Crippen LogP contribution in [0.25, 0.3) is 11.3 Å². The van der Waals surface area contributed by atoms with Crippen molar-refractivity contribution in [1.29, 1.82) is 0 Å². The zero-order valence-electron chi connectivity index (χ0n) is 17.5. The Balaban J connectivity index is 1.57. The van der Waals surface area contributed by atoms with Gasteiger partial charge in [0.05, 0.1) is 24.1 Å². The molecule has 0 bridgehead atoms. The summed E-state index contributed by atoms with van der Waals surface area (Å²) in [6.07, 6.45) is 5.51. The number of aliphatic hydroxyl groups excluding tert-OH is 1. The van der Waals surface area contributed by atoms with E-state index in [9.17, 15) is 18.3 Å². The van der Waals surface area contributed by atoms with Crippen molar-refractivity contribution < 1.29 is 18.3 Å². The Kier molecular flexibility index (Phi) is 6.38. The summed E-state index contributed by atoms with van der Waals surface area (Å²) in [6, 6.07) is 4.21. The fourth-order valence-electron chi connectivity index (χ4n) is 4.13. The van der Waals surface area contributed by atoms with Crippen molar-refractivity contribution in [3.05, 3.63) is 71.7 Å². The summed E-state index contributed by atoms with van der Waals surface area (Å²) >= 11 is 0. The van der Waals surface area contributed by atoms with Gasteiger partial charge in [-0.25, -0.2) is 18.2 Å². The van der Waals surface area contributed by atoms with E-state index >= 15 is 0 Å². The van der Waals surface area contributed by atoms with Crippen LogP contribution >= 0.6 is 0 Å². The van der Waals surface area contributed by atoms with E-state index in [0.29, 0.717) is 31.6 Å². The average Bonchev–Trinajstić information content (AvgIpc) is 2.77. The number of aliphatic hydroxyl groups is 1. The van der Waals surface area contributed by atoms with Gasteiger partial charge in [0.2, 0.25) is 0 Å². The molecule has 0 saturated carbocycles. The molecule has 0 unspecified atom stereocenters. The van der Waals surface area contributed by atoms with Crippen molar-refractivity contribution in [2.45, 2.75) is 31.9 Å². The van der Waals surface area contributed by atoms with Crippen molar-refractivity contribution in [2.24, 2.45) is 11.7 Å². The average molecular weight is 443 g/mol. The van der Waals surface area contributed by atoms with Gasteiger partial charge in [-0.05, 0) is 36.6 Å². The minimum atomic E-state index is -0.971. The quantitative estimate of drug-likeness (QED) is 0.631. The first kappa shape index (κ1) is 22.2. The van der Waals surface area contributed by atoms with Crippen LogP contribution in [0.4, 0.5) is 18.9 Å². The van der Waals surface area contributed by atoms with Crippen molar-refractivity contribution in [3.63, 3.8) is 0 Å². The van der Waals surface area contributed by atoms with E-state index in [1.54, 1.807) is 12.4 Å². The van der Waals surface area contributed by atoms with Gasteiger partial charge in [0, 0.05) is 48.8 Å². The van der Waals surface area contributed by atoms with Crippen LogP contribution in [0, 0.1) is 23.4 Å². The number of nitrogens with two attached hydrogens (primary N) is 1. The number of aromatic nitrogens is 3. The highest BCUT2D eigenvalue weighted by Crippen LogP contribution is 2.28. The van der Waals surface area contributed by atoms with Crippen LogP contribution in [0.1, 0.15) is 18.2 Å². The van der Waals surface area contributed by atoms with Crippen molar-refractivity contribution >= 4 is 5.69 Å². The van der Waals surface area contributed by atoms with Gasteiger partial charge >= 0.3 is 0 Å². The zero-order chi connectivity index (χ0) is 22.8. The fraction of sp³-hybridized carbons (Fsp3) is 0.348. The maximum atomic E-state index is 14.3. The molecular formula is C23H24F3N5O. The lowest BCUT2D eigenvalue weighted by molar-refractivity contribution is 0.0784. The minimum absolute atomic E-state index is 0.0197. The summed E-state index contributed by atoms with van der Waals surface area (Å²) in [5.41, 5.74) is 7.59. The summed E-state index contributed by atoms with van der Waals surface area (Å²) in [7, 11) is 0. The maximum absolute atomic E-state index is 14.3. The molecular weight excluding hydrogens is 419 g/mol. The lowest BCUT2D eigenvalue weighted by Gasteiger charge is -2.40. The van der Waals surface area contributed by atoms with Gasteiger partial charge in [0.15, 0.2) is 11.6 Å². The number of anilines is 1. The second-order valence-corrected chi connectivity index (χ2v) is 8.15. The fourth-order valence-corrected chi connectivity index (χ4v) is 4.13. The number of nitrogens with zero attached hydrogens (tertiary/aromatic N) is 4. The van der Waals surface area contributed by atoms with Crippen molar-refractivity contribution in [2.75, 3.05) is 18.0 Å². The van der Waals surface area contributed by atoms with Crippen LogP contribution in [0.2, 0.25) is 0 Å². The van der Waals surface area contributed by atoms with Gasteiger partial charge < -0.3 is 15.7 Å². The van der Waals surface area contributed by atoms with E-state index in [-0.39, 0.29) is 17.7 Å². The third-order valence-corrected chi connectivity index (χ3v) is 5.82. The molecule has 3 aromatic rings. The second kappa shape index (κ2) is 9.22. The van der Waals surface area contributed by atoms with Crippen molar-refractivity contribution in [3.8, 4) is 11.3 Å². The van der Waals surface area contributed by atoms with Crippen LogP contribution in [-0.2, 0) is 12.8 Å². The predicted molar refractivity (Wildman–Crippen MR) is 114 cm³/mol. The predicted octanol–water partition coefficient (Wildman–Crippen LogP) is 2.89. The Bertz CT molecular complexity index is 1080. The highest BCUT2D eigenvalue weighted by molar-refractivity contribution is 5.61. The molecule has 0 aromatic carbocycles. The minimum Gasteiger partial charge on any atom is -0.391 e. The van der Waals surface area contributed by atoms with E-state index in [2.05, 4.69) is 19.9 Å². The smallest absolute Gasteiger partial charge is 0.153 e. The molecule has 32 heavy (non-hydrogen) atoms. The number of piperidine rings is 1. The van der Waals surface area contributed by atoms with Gasteiger partial charge in [-0.3, -0.25) is 9.97 Å². The third-order valence-electron chi connectivity index (χ3n) is 5.82. The standard InChI is InChI=1S/C23H24F3N5O/c1-13-11-31(12-19(27)23(13)32)20-6-7-28-8-14(20)2-3-15-4-5-16(24)22(30-15)21-17(25)9-29-10-18(21)26/h4-10,13,19,23,32H,2-3,11-12,27H2,1H3/t13-,19+,23+/m0/s1. The van der Waals surface area contributed by atoms with Crippen molar-refractivity contribution in [1.82, 2.24) is 15.0 Å². The summed E-state index contributed by atoms with van der Waals surface area (Å²) in [5.74, 6) is -2.73. The van der Waals surface area contributed by atoms with E-state index in [1.807, 2.05) is 13.0 Å². The number of rotatable bonds is 5. The van der Waals surface area contributed by atoms with Gasteiger partial charge in [0.25, 0.3) is 0 Å². The molecule has 1 saturated heterocycles. The molecule has 168 valence electrons. The van der Waals surface area contributed by atoms with E-state index in [0.717, 1.165) is 29.7 Å². The lowest BCUT2D eigenvalue weighted by atomic mass is 9.92. The molecule has 4 heterocycles. The third kappa shape index (κ3) is 4.44. The van der Waals surface area contributed by atoms with E-state index in [4.69, 9.17) is 5.73 Å². The molecule has 3 N–H and O–H groups in total. The van der Waals surface area contributed by atoms with Gasteiger partial charge in [-0.2, -0.15) is 0 Å². The number of aryl methyl sites for hydroxylation is 2. The molecule has 0 radical (unpaired) electrons. The Hall–Kier alpha value is -3.04. The topological polar surface area (TPSA) is 88.2 Å². The van der Waals surface area contributed by atoms with E-state index < -0.39 is 29.1 Å². The number of hydrogen-bond donors (Lipinski definition) is 2. The zero-order valence-corrected chi connectivity index (χ0v) is 17.5. The SMILES string of the molecule is C[C@H]1CN(c2ccncc2CCc2ccc(F)c(-c3c(F)cncc3F)n2)C[C@@H](N)[C@@H]1O. The van der Waals surface area contributed by atoms with Crippen LogP contribution in [0.5, 0.6) is 0 Å². The monoisotopic (exact) mass is 443 g/mol. The second-order valence-electron chi connectivity index (χ2n) is 8.15. The summed E-state index contributed by atoms with van der Waals surface area (Å²) in [6.45, 7) is 3.13. The summed E-state index contributed by atoms with van der Waals surface area (Å²) in [4.78, 5) is 14.0. The van der Waals surface area contributed by atoms with Crippen LogP contribution in [0.15, 0.2) is 43.0 Å². The molecule has 1 aliphatic heterocycles. The Morgan fingerprint density at radius 2 is 1.75 bits per heavy atom. The molecule has 3 aromatic heterocycles. The maximum Gasteiger partial charge on any atom is 0.153 e. The molecule has 1 fully saturated rings. The van der Waals surface area contributed by atoms with Crippen LogP contribution in [0.3, 0.4) is 0 Å². The Labute approximate surface area is 184 Å². The normalized spacial score (nSPS) is 21.1. The lowest BCUT2D eigenvalue weighted by Crippen LogP contribution is -2.55.